The van der Waals surface area contributed by atoms with E-state index in [2.05, 4.69) is 17.6 Å². The number of rotatable bonds is 9. The molecule has 0 atom stereocenters. The SMILES string of the molecule is CCCCCCCCCC(=O)NC(=O)NC12CC3CC(CC(C3)C1)C2. The number of nitrogens with one attached hydrogen (secondary N) is 2. The van der Waals surface area contributed by atoms with Crippen molar-refractivity contribution in [2.24, 2.45) is 17.8 Å². The van der Waals surface area contributed by atoms with Gasteiger partial charge in [-0.25, -0.2) is 4.79 Å². The van der Waals surface area contributed by atoms with Crippen molar-refractivity contribution in [3.8, 4) is 0 Å². The molecule has 142 valence electrons. The summed E-state index contributed by atoms with van der Waals surface area (Å²) in [6.07, 6.45) is 16.3. The fourth-order valence-corrected chi connectivity index (χ4v) is 5.97. The van der Waals surface area contributed by atoms with Crippen LogP contribution in [0.1, 0.15) is 96.8 Å². The standard InChI is InChI=1S/C21H36N2O2/c1-2-3-4-5-6-7-8-9-19(24)22-20(25)23-21-13-16-10-17(14-21)12-18(11-16)15-21/h16-18H,2-15H2,1H3,(H2,22,23,24,25). The zero-order valence-electron chi connectivity index (χ0n) is 15.9. The van der Waals surface area contributed by atoms with Crippen molar-refractivity contribution in [3.05, 3.63) is 0 Å². The van der Waals surface area contributed by atoms with E-state index in [-0.39, 0.29) is 17.5 Å². The van der Waals surface area contributed by atoms with Crippen molar-refractivity contribution in [2.45, 2.75) is 102 Å². The van der Waals surface area contributed by atoms with Gasteiger partial charge < -0.3 is 5.32 Å². The molecule has 4 rings (SSSR count). The van der Waals surface area contributed by atoms with Gasteiger partial charge in [-0.2, -0.15) is 0 Å². The van der Waals surface area contributed by atoms with Crippen molar-refractivity contribution in [1.29, 1.82) is 0 Å². The Morgan fingerprint density at radius 3 is 1.92 bits per heavy atom. The Balaban J connectivity index is 1.32. The van der Waals surface area contributed by atoms with Crippen LogP contribution in [0, 0.1) is 17.8 Å². The van der Waals surface area contributed by atoms with E-state index in [4.69, 9.17) is 0 Å². The first-order valence-corrected chi connectivity index (χ1v) is 10.7. The molecule has 4 aliphatic carbocycles. The zero-order valence-corrected chi connectivity index (χ0v) is 15.9. The van der Waals surface area contributed by atoms with Gasteiger partial charge in [0.2, 0.25) is 5.91 Å². The number of hydrogen-bond acceptors (Lipinski definition) is 2. The predicted molar refractivity (Wildman–Crippen MR) is 100 cm³/mol. The Labute approximate surface area is 152 Å². The number of carbonyl (C=O) groups excluding carboxylic acids is 2. The van der Waals surface area contributed by atoms with Crippen molar-refractivity contribution in [1.82, 2.24) is 10.6 Å². The number of urea groups is 1. The van der Waals surface area contributed by atoms with Crippen molar-refractivity contribution >= 4 is 11.9 Å². The normalized spacial score (nSPS) is 32.6. The monoisotopic (exact) mass is 348 g/mol. The van der Waals surface area contributed by atoms with Crippen LogP contribution in [0.5, 0.6) is 0 Å². The number of imide groups is 1. The van der Waals surface area contributed by atoms with Gasteiger partial charge in [0.15, 0.2) is 0 Å². The van der Waals surface area contributed by atoms with E-state index in [0.717, 1.165) is 49.9 Å². The van der Waals surface area contributed by atoms with Gasteiger partial charge in [-0.1, -0.05) is 45.4 Å². The third-order valence-electron chi connectivity index (χ3n) is 6.68. The molecule has 4 bridgehead atoms. The highest BCUT2D eigenvalue weighted by atomic mass is 16.2. The summed E-state index contributed by atoms with van der Waals surface area (Å²) in [4.78, 5) is 24.3. The molecule has 4 fully saturated rings. The summed E-state index contributed by atoms with van der Waals surface area (Å²) in [6.45, 7) is 2.22. The van der Waals surface area contributed by atoms with Crippen LogP contribution >= 0.6 is 0 Å². The first-order chi connectivity index (χ1) is 12.1. The van der Waals surface area contributed by atoms with Crippen LogP contribution in [-0.2, 0) is 4.79 Å². The largest absolute Gasteiger partial charge is 0.332 e. The molecule has 4 aliphatic rings. The van der Waals surface area contributed by atoms with E-state index in [1.165, 1.54) is 51.4 Å². The molecular weight excluding hydrogens is 312 g/mol. The number of carbonyl (C=O) groups is 2. The minimum absolute atomic E-state index is 0.0155. The molecule has 0 heterocycles. The van der Waals surface area contributed by atoms with Gasteiger partial charge in [0, 0.05) is 12.0 Å². The van der Waals surface area contributed by atoms with Crippen LogP contribution in [0.4, 0.5) is 4.79 Å². The van der Waals surface area contributed by atoms with Crippen LogP contribution in [0.3, 0.4) is 0 Å². The smallest absolute Gasteiger partial charge is 0.321 e. The lowest BCUT2D eigenvalue weighted by Gasteiger charge is -2.56. The summed E-state index contributed by atoms with van der Waals surface area (Å²) < 4.78 is 0. The Morgan fingerprint density at radius 1 is 0.840 bits per heavy atom. The van der Waals surface area contributed by atoms with Crippen LogP contribution < -0.4 is 10.6 Å². The summed E-state index contributed by atoms with van der Waals surface area (Å²) in [6, 6.07) is -0.255. The molecule has 0 unspecified atom stereocenters. The van der Waals surface area contributed by atoms with E-state index >= 15 is 0 Å². The van der Waals surface area contributed by atoms with Gasteiger partial charge in [0.05, 0.1) is 0 Å². The Kier molecular flexibility index (Phi) is 6.40. The second-order valence-corrected chi connectivity index (χ2v) is 9.07. The van der Waals surface area contributed by atoms with Crippen molar-refractivity contribution < 1.29 is 9.59 Å². The summed E-state index contributed by atoms with van der Waals surface area (Å²) >= 11 is 0. The molecule has 0 spiro atoms. The number of hydrogen-bond donors (Lipinski definition) is 2. The molecule has 0 aromatic rings. The van der Waals surface area contributed by atoms with E-state index < -0.39 is 0 Å². The highest BCUT2D eigenvalue weighted by Crippen LogP contribution is 2.55. The molecule has 0 aromatic heterocycles. The van der Waals surface area contributed by atoms with Gasteiger partial charge in [-0.15, -0.1) is 0 Å². The summed E-state index contributed by atoms with van der Waals surface area (Å²) in [5, 5.41) is 5.79. The average molecular weight is 349 g/mol. The molecule has 2 N–H and O–H groups in total. The molecule has 3 amide bonds. The molecule has 0 saturated heterocycles. The fraction of sp³-hybridized carbons (Fsp3) is 0.905. The lowest BCUT2D eigenvalue weighted by Crippen LogP contribution is -2.61. The quantitative estimate of drug-likeness (QED) is 0.581. The molecule has 4 saturated carbocycles. The lowest BCUT2D eigenvalue weighted by atomic mass is 9.53. The first-order valence-electron chi connectivity index (χ1n) is 10.7. The third-order valence-corrected chi connectivity index (χ3v) is 6.68. The Bertz CT molecular complexity index is 439. The van der Waals surface area contributed by atoms with Crippen LogP contribution in [0.15, 0.2) is 0 Å². The Morgan fingerprint density at radius 2 is 1.36 bits per heavy atom. The second-order valence-electron chi connectivity index (χ2n) is 9.07. The minimum Gasteiger partial charge on any atom is -0.332 e. The molecule has 4 heteroatoms. The molecule has 0 aliphatic heterocycles. The fourth-order valence-electron chi connectivity index (χ4n) is 5.97. The van der Waals surface area contributed by atoms with E-state index in [1.54, 1.807) is 0 Å². The molecule has 0 aromatic carbocycles. The topological polar surface area (TPSA) is 58.2 Å². The zero-order chi connectivity index (χ0) is 17.7. The van der Waals surface area contributed by atoms with Gasteiger partial charge in [0.25, 0.3) is 0 Å². The van der Waals surface area contributed by atoms with Gasteiger partial charge in [-0.3, -0.25) is 10.1 Å². The van der Waals surface area contributed by atoms with Crippen LogP contribution in [-0.4, -0.2) is 17.5 Å². The third kappa shape index (κ3) is 5.21. The van der Waals surface area contributed by atoms with E-state index in [9.17, 15) is 9.59 Å². The Hall–Kier alpha value is -1.06. The van der Waals surface area contributed by atoms with Gasteiger partial charge >= 0.3 is 6.03 Å². The minimum atomic E-state index is -0.255. The predicted octanol–water partition coefficient (Wildman–Crippen LogP) is 4.92. The molecule has 4 nitrogen and oxygen atoms in total. The van der Waals surface area contributed by atoms with E-state index in [0.29, 0.717) is 6.42 Å². The molecule has 25 heavy (non-hydrogen) atoms. The molecular formula is C21H36N2O2. The maximum absolute atomic E-state index is 12.3. The number of amides is 3. The number of unbranched alkanes of at least 4 members (excludes halogenated alkanes) is 6. The average Bonchev–Trinajstić information content (AvgIpc) is 2.52. The van der Waals surface area contributed by atoms with E-state index in [1.807, 2.05) is 0 Å². The van der Waals surface area contributed by atoms with Crippen LogP contribution in [0.25, 0.3) is 0 Å². The van der Waals surface area contributed by atoms with Crippen molar-refractivity contribution in [3.63, 3.8) is 0 Å². The maximum atomic E-state index is 12.3. The highest BCUT2D eigenvalue weighted by Gasteiger charge is 2.51. The lowest BCUT2D eigenvalue weighted by molar-refractivity contribution is -0.120. The van der Waals surface area contributed by atoms with Crippen LogP contribution in [0.2, 0.25) is 0 Å². The molecule has 0 radical (unpaired) electrons. The second kappa shape index (κ2) is 8.55. The van der Waals surface area contributed by atoms with Crippen molar-refractivity contribution in [2.75, 3.05) is 0 Å². The van der Waals surface area contributed by atoms with Gasteiger partial charge in [0.1, 0.15) is 0 Å². The highest BCUT2D eigenvalue weighted by molar-refractivity contribution is 5.94. The summed E-state index contributed by atoms with van der Waals surface area (Å²) in [5.41, 5.74) is -0.0155. The summed E-state index contributed by atoms with van der Waals surface area (Å²) in [7, 11) is 0. The first kappa shape index (κ1) is 18.7. The summed E-state index contributed by atoms with van der Waals surface area (Å²) in [5.74, 6) is 2.29. The maximum Gasteiger partial charge on any atom is 0.321 e. The van der Waals surface area contributed by atoms with Gasteiger partial charge in [-0.05, 0) is 62.7 Å².